The summed E-state index contributed by atoms with van der Waals surface area (Å²) >= 11 is 3.47. The topological polar surface area (TPSA) is 22.1 Å². The fraction of sp³-hybridized carbons (Fsp3) is 0.667. The summed E-state index contributed by atoms with van der Waals surface area (Å²) < 4.78 is 5.94. The third-order valence-corrected chi connectivity index (χ3v) is 3.75. The summed E-state index contributed by atoms with van der Waals surface area (Å²) in [4.78, 5) is 4.49. The van der Waals surface area contributed by atoms with E-state index in [1.807, 2.05) is 19.1 Å². The summed E-state index contributed by atoms with van der Waals surface area (Å²) in [7, 11) is 0. The summed E-state index contributed by atoms with van der Waals surface area (Å²) in [5, 5.41) is 0.746. The van der Waals surface area contributed by atoms with Gasteiger partial charge in [-0.25, -0.2) is 0 Å². The molecular formula is C15H24BrNO. The van der Waals surface area contributed by atoms with E-state index in [-0.39, 0.29) is 0 Å². The molecule has 0 aromatic carbocycles. The molecule has 1 aromatic rings. The first kappa shape index (κ1) is 15.5. The Labute approximate surface area is 119 Å². The van der Waals surface area contributed by atoms with Crippen LogP contribution in [0.3, 0.4) is 0 Å². The van der Waals surface area contributed by atoms with Crippen molar-refractivity contribution in [3.05, 3.63) is 23.5 Å². The first-order chi connectivity index (χ1) is 8.71. The molecule has 1 rings (SSSR count). The van der Waals surface area contributed by atoms with Gasteiger partial charge in [0.05, 0.1) is 12.3 Å². The molecule has 0 aliphatic rings. The van der Waals surface area contributed by atoms with Gasteiger partial charge in [0, 0.05) is 11.0 Å². The molecule has 0 bridgehead atoms. The third kappa shape index (κ3) is 4.97. The molecule has 1 aromatic heterocycles. The Morgan fingerprint density at radius 1 is 1.33 bits per heavy atom. The summed E-state index contributed by atoms with van der Waals surface area (Å²) in [6, 6.07) is 4.04. The van der Waals surface area contributed by atoms with E-state index in [1.165, 1.54) is 25.7 Å². The lowest BCUT2D eigenvalue weighted by molar-refractivity contribution is 0.231. The van der Waals surface area contributed by atoms with Crippen LogP contribution in [0.15, 0.2) is 12.1 Å². The lowest BCUT2D eigenvalue weighted by atomic mass is 10.0. The lowest BCUT2D eigenvalue weighted by Crippen LogP contribution is -2.12. The molecule has 102 valence electrons. The number of aromatic nitrogens is 1. The Hall–Kier alpha value is -0.570. The summed E-state index contributed by atoms with van der Waals surface area (Å²) in [6.07, 6.45) is 4.99. The maximum absolute atomic E-state index is 5.94. The van der Waals surface area contributed by atoms with E-state index in [4.69, 9.17) is 4.74 Å². The van der Waals surface area contributed by atoms with E-state index < -0.39 is 0 Å². The largest absolute Gasteiger partial charge is 0.491 e. The fourth-order valence-corrected chi connectivity index (χ4v) is 2.33. The molecule has 18 heavy (non-hydrogen) atoms. The van der Waals surface area contributed by atoms with Crippen LogP contribution in [-0.4, -0.2) is 11.6 Å². The van der Waals surface area contributed by atoms with Crippen molar-refractivity contribution in [1.29, 1.82) is 0 Å². The molecule has 0 saturated heterocycles. The number of alkyl halides is 1. The van der Waals surface area contributed by atoms with Crippen molar-refractivity contribution in [3.8, 4) is 5.75 Å². The first-order valence-electron chi connectivity index (χ1n) is 6.86. The van der Waals surface area contributed by atoms with E-state index in [0.717, 1.165) is 29.1 Å². The van der Waals surface area contributed by atoms with Gasteiger partial charge >= 0.3 is 0 Å². The Balaban J connectivity index is 2.56. The highest BCUT2D eigenvalue weighted by Crippen LogP contribution is 2.21. The van der Waals surface area contributed by atoms with E-state index in [9.17, 15) is 0 Å². The highest BCUT2D eigenvalue weighted by molar-refractivity contribution is 9.08. The molecule has 0 radical (unpaired) electrons. The van der Waals surface area contributed by atoms with Gasteiger partial charge < -0.3 is 4.74 Å². The number of aryl methyl sites for hydroxylation is 1. The third-order valence-electron chi connectivity index (χ3n) is 3.22. The molecule has 0 fully saturated rings. The zero-order chi connectivity index (χ0) is 13.4. The molecule has 0 saturated carbocycles. The number of hydrogen-bond donors (Lipinski definition) is 0. The van der Waals surface area contributed by atoms with Gasteiger partial charge in [-0.2, -0.15) is 0 Å². The van der Waals surface area contributed by atoms with E-state index in [0.29, 0.717) is 5.92 Å². The van der Waals surface area contributed by atoms with Crippen molar-refractivity contribution in [3.63, 3.8) is 0 Å². The van der Waals surface area contributed by atoms with Crippen LogP contribution in [0.4, 0.5) is 0 Å². The van der Waals surface area contributed by atoms with E-state index in [2.05, 4.69) is 34.8 Å². The molecule has 0 spiro atoms. The first-order valence-corrected chi connectivity index (χ1v) is 7.98. The Morgan fingerprint density at radius 2 is 2.11 bits per heavy atom. The maximum atomic E-state index is 5.94. The van der Waals surface area contributed by atoms with Crippen molar-refractivity contribution in [1.82, 2.24) is 4.98 Å². The van der Waals surface area contributed by atoms with Crippen molar-refractivity contribution < 1.29 is 4.74 Å². The molecule has 3 heteroatoms. The minimum Gasteiger partial charge on any atom is -0.491 e. The highest BCUT2D eigenvalue weighted by atomic mass is 79.9. The molecule has 0 N–H and O–H groups in total. The van der Waals surface area contributed by atoms with Crippen molar-refractivity contribution in [2.45, 2.75) is 51.8 Å². The molecule has 0 aliphatic heterocycles. The standard InChI is InChI=1S/C15H24BrNO/c1-4-6-7-13(5-2)11-18-15-9-8-12(3)17-14(15)10-16/h8-9,13H,4-7,10-11H2,1-3H3. The molecule has 0 amide bonds. The number of unbranched alkanes of at least 4 members (excludes halogenated alkanes) is 1. The van der Waals surface area contributed by atoms with Gasteiger partial charge in [-0.15, -0.1) is 0 Å². The number of rotatable bonds is 8. The average molecular weight is 314 g/mol. The van der Waals surface area contributed by atoms with Crippen LogP contribution in [0.1, 0.15) is 50.9 Å². The normalized spacial score (nSPS) is 12.4. The number of nitrogens with zero attached hydrogens (tertiary/aromatic N) is 1. The smallest absolute Gasteiger partial charge is 0.141 e. The lowest BCUT2D eigenvalue weighted by Gasteiger charge is -2.17. The van der Waals surface area contributed by atoms with Gasteiger partial charge in [-0.1, -0.05) is 49.0 Å². The Morgan fingerprint density at radius 3 is 2.72 bits per heavy atom. The van der Waals surface area contributed by atoms with Gasteiger partial charge in [-0.05, 0) is 31.4 Å². The van der Waals surface area contributed by atoms with Crippen molar-refractivity contribution >= 4 is 15.9 Å². The van der Waals surface area contributed by atoms with Crippen LogP contribution in [-0.2, 0) is 5.33 Å². The van der Waals surface area contributed by atoms with Crippen LogP contribution < -0.4 is 4.74 Å². The zero-order valence-electron chi connectivity index (χ0n) is 11.7. The van der Waals surface area contributed by atoms with Crippen molar-refractivity contribution in [2.24, 2.45) is 5.92 Å². The number of halogens is 1. The second kappa shape index (κ2) is 8.52. The Bertz CT molecular complexity index is 354. The van der Waals surface area contributed by atoms with Crippen LogP contribution in [0.2, 0.25) is 0 Å². The van der Waals surface area contributed by atoms with E-state index >= 15 is 0 Å². The minimum atomic E-state index is 0.662. The quantitative estimate of drug-likeness (QED) is 0.638. The van der Waals surface area contributed by atoms with Gasteiger partial charge in [0.25, 0.3) is 0 Å². The fourth-order valence-electron chi connectivity index (χ4n) is 1.93. The second-order valence-electron chi connectivity index (χ2n) is 4.76. The number of ether oxygens (including phenoxy) is 1. The van der Waals surface area contributed by atoms with Crippen LogP contribution in [0, 0.1) is 12.8 Å². The number of hydrogen-bond acceptors (Lipinski definition) is 2. The monoisotopic (exact) mass is 313 g/mol. The Kier molecular flexibility index (Phi) is 7.33. The number of pyridine rings is 1. The summed E-state index contributed by atoms with van der Waals surface area (Å²) in [5.41, 5.74) is 2.04. The average Bonchev–Trinajstić information content (AvgIpc) is 2.40. The minimum absolute atomic E-state index is 0.662. The van der Waals surface area contributed by atoms with Gasteiger partial charge in [0.1, 0.15) is 5.75 Å². The molecule has 1 atom stereocenters. The predicted octanol–water partition coefficient (Wildman–Crippen LogP) is 4.88. The summed E-state index contributed by atoms with van der Waals surface area (Å²) in [6.45, 7) is 7.29. The van der Waals surface area contributed by atoms with Gasteiger partial charge in [-0.3, -0.25) is 4.98 Å². The summed E-state index contributed by atoms with van der Waals surface area (Å²) in [5.74, 6) is 1.59. The van der Waals surface area contributed by atoms with Crippen molar-refractivity contribution in [2.75, 3.05) is 6.61 Å². The predicted molar refractivity (Wildman–Crippen MR) is 80.4 cm³/mol. The maximum Gasteiger partial charge on any atom is 0.141 e. The van der Waals surface area contributed by atoms with Crippen LogP contribution >= 0.6 is 15.9 Å². The van der Waals surface area contributed by atoms with E-state index in [1.54, 1.807) is 0 Å². The van der Waals surface area contributed by atoms with Gasteiger partial charge in [0.15, 0.2) is 0 Å². The molecule has 0 aliphatic carbocycles. The highest BCUT2D eigenvalue weighted by Gasteiger charge is 2.09. The SMILES string of the molecule is CCCCC(CC)COc1ccc(C)nc1CBr. The van der Waals surface area contributed by atoms with Crippen LogP contribution in [0.25, 0.3) is 0 Å². The van der Waals surface area contributed by atoms with Gasteiger partial charge in [0.2, 0.25) is 0 Å². The molecule has 1 unspecified atom stereocenters. The zero-order valence-corrected chi connectivity index (χ0v) is 13.3. The molecular weight excluding hydrogens is 290 g/mol. The second-order valence-corrected chi connectivity index (χ2v) is 5.32. The molecule has 2 nitrogen and oxygen atoms in total. The molecule has 1 heterocycles. The van der Waals surface area contributed by atoms with Crippen LogP contribution in [0.5, 0.6) is 5.75 Å².